The lowest BCUT2D eigenvalue weighted by Crippen LogP contribution is -2.05. The van der Waals surface area contributed by atoms with Crippen LogP contribution in [-0.2, 0) is 6.54 Å². The third-order valence-corrected chi connectivity index (χ3v) is 2.63. The van der Waals surface area contributed by atoms with Crippen LogP contribution in [0, 0.1) is 0 Å². The van der Waals surface area contributed by atoms with E-state index in [2.05, 4.69) is 24.1 Å². The summed E-state index contributed by atoms with van der Waals surface area (Å²) in [5.74, 6) is 1.04. The molecule has 0 saturated heterocycles. The first-order valence-corrected chi connectivity index (χ1v) is 5.73. The lowest BCUT2D eigenvalue weighted by atomic mass is 10.2. The summed E-state index contributed by atoms with van der Waals surface area (Å²) in [6.45, 7) is 4.85. The van der Waals surface area contributed by atoms with Crippen LogP contribution in [0.15, 0.2) is 16.5 Å². The van der Waals surface area contributed by atoms with Crippen molar-refractivity contribution in [3.05, 3.63) is 28.6 Å². The molecule has 3 nitrogen and oxygen atoms in total. The summed E-state index contributed by atoms with van der Waals surface area (Å²) < 4.78 is 5.76. The number of oxazole rings is 1. The van der Waals surface area contributed by atoms with E-state index in [1.54, 1.807) is 0 Å². The van der Waals surface area contributed by atoms with E-state index in [-0.39, 0.29) is 5.92 Å². The highest BCUT2D eigenvalue weighted by Crippen LogP contribution is 2.27. The SMILES string of the molecule is CNCc1cc(Cl)cc2nc(C(C)C)oc12. The van der Waals surface area contributed by atoms with Gasteiger partial charge >= 0.3 is 0 Å². The van der Waals surface area contributed by atoms with Gasteiger partial charge in [0, 0.05) is 23.0 Å². The predicted molar refractivity (Wildman–Crippen MR) is 65.9 cm³/mol. The van der Waals surface area contributed by atoms with Gasteiger partial charge in [0.15, 0.2) is 11.5 Å². The van der Waals surface area contributed by atoms with Crippen LogP contribution in [0.25, 0.3) is 11.1 Å². The molecule has 2 aromatic rings. The number of hydrogen-bond acceptors (Lipinski definition) is 3. The van der Waals surface area contributed by atoms with E-state index in [1.165, 1.54) is 0 Å². The van der Waals surface area contributed by atoms with Crippen molar-refractivity contribution in [2.45, 2.75) is 26.3 Å². The molecule has 0 bridgehead atoms. The van der Waals surface area contributed by atoms with Gasteiger partial charge in [-0.25, -0.2) is 4.98 Å². The van der Waals surface area contributed by atoms with Crippen LogP contribution >= 0.6 is 11.6 Å². The van der Waals surface area contributed by atoms with E-state index in [4.69, 9.17) is 16.0 Å². The molecule has 0 amide bonds. The Morgan fingerprint density at radius 2 is 2.19 bits per heavy atom. The first-order valence-electron chi connectivity index (χ1n) is 5.35. The number of halogens is 1. The average molecular weight is 239 g/mol. The van der Waals surface area contributed by atoms with Gasteiger partial charge in [-0.1, -0.05) is 25.4 Å². The second-order valence-corrected chi connectivity index (χ2v) is 4.59. The summed E-state index contributed by atoms with van der Waals surface area (Å²) in [7, 11) is 1.90. The third-order valence-electron chi connectivity index (χ3n) is 2.41. The molecule has 0 aliphatic rings. The Balaban J connectivity index is 2.60. The van der Waals surface area contributed by atoms with Crippen LogP contribution < -0.4 is 5.32 Å². The summed E-state index contributed by atoms with van der Waals surface area (Å²) >= 11 is 6.04. The standard InChI is InChI=1S/C12H15ClN2O/c1-7(2)12-15-10-5-9(13)4-8(6-14-3)11(10)16-12/h4-5,7,14H,6H2,1-3H3. The van der Waals surface area contributed by atoms with Crippen molar-refractivity contribution in [3.63, 3.8) is 0 Å². The van der Waals surface area contributed by atoms with Gasteiger partial charge in [0.2, 0.25) is 0 Å². The topological polar surface area (TPSA) is 38.1 Å². The van der Waals surface area contributed by atoms with E-state index >= 15 is 0 Å². The second-order valence-electron chi connectivity index (χ2n) is 4.15. The molecule has 16 heavy (non-hydrogen) atoms. The number of benzene rings is 1. The molecule has 0 spiro atoms. The first-order chi connectivity index (χ1) is 7.61. The Morgan fingerprint density at radius 1 is 1.44 bits per heavy atom. The summed E-state index contributed by atoms with van der Waals surface area (Å²) in [4.78, 5) is 4.44. The number of hydrogen-bond donors (Lipinski definition) is 1. The largest absolute Gasteiger partial charge is 0.440 e. The van der Waals surface area contributed by atoms with Crippen molar-refractivity contribution >= 4 is 22.7 Å². The van der Waals surface area contributed by atoms with Gasteiger partial charge in [0.1, 0.15) is 5.52 Å². The van der Waals surface area contributed by atoms with Gasteiger partial charge in [0.25, 0.3) is 0 Å². The van der Waals surface area contributed by atoms with Crippen LogP contribution in [0.3, 0.4) is 0 Å². The molecule has 0 atom stereocenters. The molecule has 0 aliphatic heterocycles. The van der Waals surface area contributed by atoms with E-state index in [0.717, 1.165) is 29.1 Å². The highest BCUT2D eigenvalue weighted by atomic mass is 35.5. The molecule has 1 N–H and O–H groups in total. The summed E-state index contributed by atoms with van der Waals surface area (Å²) in [6.07, 6.45) is 0. The molecule has 0 unspecified atom stereocenters. The Kier molecular flexibility index (Phi) is 3.17. The number of fused-ring (bicyclic) bond motifs is 1. The molecule has 1 aromatic heterocycles. The van der Waals surface area contributed by atoms with Crippen molar-refractivity contribution in [1.29, 1.82) is 0 Å². The van der Waals surface area contributed by atoms with E-state index in [1.807, 2.05) is 19.2 Å². The number of nitrogens with one attached hydrogen (secondary N) is 1. The zero-order valence-electron chi connectivity index (χ0n) is 9.67. The van der Waals surface area contributed by atoms with E-state index in [9.17, 15) is 0 Å². The summed E-state index contributed by atoms with van der Waals surface area (Å²) in [6, 6.07) is 3.75. The molecule has 1 heterocycles. The number of aromatic nitrogens is 1. The molecule has 0 saturated carbocycles. The minimum atomic E-state index is 0.286. The number of rotatable bonds is 3. The fraction of sp³-hybridized carbons (Fsp3) is 0.417. The van der Waals surface area contributed by atoms with Crippen LogP contribution in [0.2, 0.25) is 5.02 Å². The Labute approximate surface area is 99.8 Å². The van der Waals surface area contributed by atoms with Gasteiger partial charge in [0.05, 0.1) is 0 Å². The van der Waals surface area contributed by atoms with Crippen molar-refractivity contribution in [2.24, 2.45) is 0 Å². The van der Waals surface area contributed by atoms with E-state index in [0.29, 0.717) is 5.02 Å². The minimum Gasteiger partial charge on any atom is -0.440 e. The minimum absolute atomic E-state index is 0.286. The van der Waals surface area contributed by atoms with Crippen LogP contribution in [0.1, 0.15) is 31.2 Å². The maximum absolute atomic E-state index is 6.04. The van der Waals surface area contributed by atoms with Crippen molar-refractivity contribution in [1.82, 2.24) is 10.3 Å². The van der Waals surface area contributed by atoms with Gasteiger partial charge in [-0.2, -0.15) is 0 Å². The summed E-state index contributed by atoms with van der Waals surface area (Å²) in [5, 5.41) is 3.79. The Morgan fingerprint density at radius 3 is 2.81 bits per heavy atom. The fourth-order valence-electron chi connectivity index (χ4n) is 1.65. The zero-order valence-corrected chi connectivity index (χ0v) is 10.4. The van der Waals surface area contributed by atoms with Crippen molar-refractivity contribution < 1.29 is 4.42 Å². The highest BCUT2D eigenvalue weighted by molar-refractivity contribution is 6.31. The van der Waals surface area contributed by atoms with Gasteiger partial charge in [-0.05, 0) is 19.2 Å². The lowest BCUT2D eigenvalue weighted by molar-refractivity contribution is 0.498. The molecular formula is C12H15ClN2O. The molecule has 86 valence electrons. The van der Waals surface area contributed by atoms with Gasteiger partial charge in [-0.3, -0.25) is 0 Å². The second kappa shape index (κ2) is 4.44. The Hall–Kier alpha value is -1.06. The van der Waals surface area contributed by atoms with Crippen LogP contribution in [0.5, 0.6) is 0 Å². The molecule has 0 radical (unpaired) electrons. The zero-order chi connectivity index (χ0) is 11.7. The van der Waals surface area contributed by atoms with Gasteiger partial charge < -0.3 is 9.73 Å². The third kappa shape index (κ3) is 2.06. The fourth-order valence-corrected chi connectivity index (χ4v) is 1.89. The maximum atomic E-state index is 6.04. The quantitative estimate of drug-likeness (QED) is 0.892. The smallest absolute Gasteiger partial charge is 0.198 e. The molecule has 4 heteroatoms. The monoisotopic (exact) mass is 238 g/mol. The van der Waals surface area contributed by atoms with Crippen LogP contribution in [0.4, 0.5) is 0 Å². The summed E-state index contributed by atoms with van der Waals surface area (Å²) in [5.41, 5.74) is 2.72. The van der Waals surface area contributed by atoms with Crippen molar-refractivity contribution in [2.75, 3.05) is 7.05 Å². The highest BCUT2D eigenvalue weighted by Gasteiger charge is 2.13. The van der Waals surface area contributed by atoms with Gasteiger partial charge in [-0.15, -0.1) is 0 Å². The predicted octanol–water partition coefficient (Wildman–Crippen LogP) is 3.32. The Bertz CT molecular complexity index is 505. The number of nitrogens with zero attached hydrogens (tertiary/aromatic N) is 1. The van der Waals surface area contributed by atoms with Crippen molar-refractivity contribution in [3.8, 4) is 0 Å². The normalized spacial score (nSPS) is 11.6. The van der Waals surface area contributed by atoms with E-state index < -0.39 is 0 Å². The maximum Gasteiger partial charge on any atom is 0.198 e. The lowest BCUT2D eigenvalue weighted by Gasteiger charge is -2.01. The molecule has 0 fully saturated rings. The van der Waals surface area contributed by atoms with Crippen LogP contribution in [-0.4, -0.2) is 12.0 Å². The molecule has 1 aromatic carbocycles. The molecular weight excluding hydrogens is 224 g/mol. The average Bonchev–Trinajstić information content (AvgIpc) is 2.61. The molecule has 0 aliphatic carbocycles. The first kappa shape index (κ1) is 11.4. The molecule has 2 rings (SSSR count).